The molecule has 0 radical (unpaired) electrons. The highest BCUT2D eigenvalue weighted by Gasteiger charge is 2.41. The van der Waals surface area contributed by atoms with Crippen molar-refractivity contribution in [2.24, 2.45) is 0 Å². The summed E-state index contributed by atoms with van der Waals surface area (Å²) in [5.74, 6) is -0.0401. The van der Waals surface area contributed by atoms with Gasteiger partial charge in [0.1, 0.15) is 0 Å². The van der Waals surface area contributed by atoms with E-state index >= 15 is 0 Å². The van der Waals surface area contributed by atoms with E-state index in [0.717, 1.165) is 32.5 Å². The molecule has 2 heterocycles. The average molecular weight is 292 g/mol. The summed E-state index contributed by atoms with van der Waals surface area (Å²) in [6, 6.07) is 0.337. The maximum absolute atomic E-state index is 12.5. The summed E-state index contributed by atoms with van der Waals surface area (Å²) in [5, 5.41) is 11.3. The van der Waals surface area contributed by atoms with Crippen molar-refractivity contribution in [2.75, 3.05) is 40.8 Å². The minimum absolute atomic E-state index is 0.0401. The first kappa shape index (κ1) is 14.5. The van der Waals surface area contributed by atoms with Crippen molar-refractivity contribution in [1.29, 1.82) is 0 Å². The van der Waals surface area contributed by atoms with E-state index in [1.165, 1.54) is 6.42 Å². The van der Waals surface area contributed by atoms with Gasteiger partial charge >= 0.3 is 0 Å². The first-order valence-electron chi connectivity index (χ1n) is 7.57. The van der Waals surface area contributed by atoms with Gasteiger partial charge in [0.15, 0.2) is 5.69 Å². The largest absolute Gasteiger partial charge is 0.338 e. The molecule has 116 valence electrons. The Morgan fingerprint density at radius 3 is 2.62 bits per heavy atom. The Kier molecular flexibility index (Phi) is 3.71. The second-order valence-electron chi connectivity index (χ2n) is 6.53. The van der Waals surface area contributed by atoms with Gasteiger partial charge in [-0.2, -0.15) is 0 Å². The fourth-order valence-electron chi connectivity index (χ4n) is 3.05. The van der Waals surface area contributed by atoms with E-state index in [4.69, 9.17) is 0 Å². The minimum atomic E-state index is -0.0401. The van der Waals surface area contributed by atoms with Gasteiger partial charge in [-0.1, -0.05) is 5.21 Å². The molecule has 1 saturated heterocycles. The second kappa shape index (κ2) is 5.38. The highest BCUT2D eigenvalue weighted by Crippen LogP contribution is 2.36. The van der Waals surface area contributed by atoms with Crippen LogP contribution in [0.5, 0.6) is 0 Å². The van der Waals surface area contributed by atoms with E-state index in [2.05, 4.69) is 34.6 Å². The van der Waals surface area contributed by atoms with Crippen LogP contribution in [0.3, 0.4) is 0 Å². The van der Waals surface area contributed by atoms with E-state index in [1.54, 1.807) is 15.8 Å². The molecular formula is C14H24N6O. The number of nitrogens with one attached hydrogen (secondary N) is 1. The number of hydrogen-bond acceptors (Lipinski definition) is 5. The lowest BCUT2D eigenvalue weighted by atomic mass is 9.75. The molecule has 2 fully saturated rings. The molecular weight excluding hydrogens is 268 g/mol. The molecule has 1 aromatic heterocycles. The highest BCUT2D eigenvalue weighted by atomic mass is 16.2. The van der Waals surface area contributed by atoms with Crippen molar-refractivity contribution >= 4 is 5.91 Å². The lowest BCUT2D eigenvalue weighted by Crippen LogP contribution is -2.57. The Morgan fingerprint density at radius 2 is 2.14 bits per heavy atom. The Morgan fingerprint density at radius 1 is 1.43 bits per heavy atom. The summed E-state index contributed by atoms with van der Waals surface area (Å²) in [4.78, 5) is 16.5. The van der Waals surface area contributed by atoms with E-state index < -0.39 is 0 Å². The molecule has 0 aromatic carbocycles. The first-order chi connectivity index (χ1) is 10.0. The SMILES string of the molecule is CN(CC1(N(C)C)CCC1)C(=O)c1cn(C2CNC2)nn1. The Balaban J connectivity index is 1.65. The van der Waals surface area contributed by atoms with Crippen LogP contribution < -0.4 is 5.32 Å². The van der Waals surface area contributed by atoms with Crippen LogP contribution in [0.1, 0.15) is 35.8 Å². The van der Waals surface area contributed by atoms with Crippen molar-refractivity contribution in [3.05, 3.63) is 11.9 Å². The maximum Gasteiger partial charge on any atom is 0.275 e. The molecule has 1 aliphatic carbocycles. The summed E-state index contributed by atoms with van der Waals surface area (Å²) in [6.45, 7) is 2.55. The molecule has 0 spiro atoms. The van der Waals surface area contributed by atoms with Gasteiger partial charge in [0.25, 0.3) is 5.91 Å². The van der Waals surface area contributed by atoms with Crippen LogP contribution in [0.2, 0.25) is 0 Å². The number of aromatic nitrogens is 3. The quantitative estimate of drug-likeness (QED) is 0.826. The summed E-state index contributed by atoms with van der Waals surface area (Å²) >= 11 is 0. The predicted octanol–water partition coefficient (Wildman–Crippen LogP) is -0.0213. The predicted molar refractivity (Wildman–Crippen MR) is 79.2 cm³/mol. The number of amides is 1. The van der Waals surface area contributed by atoms with Crippen LogP contribution in [0.4, 0.5) is 0 Å². The van der Waals surface area contributed by atoms with Crippen LogP contribution in [-0.4, -0.2) is 77.0 Å². The number of carbonyl (C=O) groups excluding carboxylic acids is 1. The number of carbonyl (C=O) groups is 1. The van der Waals surface area contributed by atoms with Gasteiger partial charge in [-0.05, 0) is 33.4 Å². The second-order valence-corrected chi connectivity index (χ2v) is 6.53. The molecule has 0 unspecified atom stereocenters. The molecule has 1 saturated carbocycles. The molecule has 3 rings (SSSR count). The van der Waals surface area contributed by atoms with Crippen molar-refractivity contribution in [2.45, 2.75) is 30.8 Å². The number of likely N-dealkylation sites (N-methyl/N-ethyl adjacent to an activating group) is 2. The van der Waals surface area contributed by atoms with E-state index in [0.29, 0.717) is 11.7 Å². The van der Waals surface area contributed by atoms with Gasteiger partial charge in [0.2, 0.25) is 0 Å². The maximum atomic E-state index is 12.5. The van der Waals surface area contributed by atoms with Crippen LogP contribution >= 0.6 is 0 Å². The van der Waals surface area contributed by atoms with E-state index in [9.17, 15) is 4.79 Å². The standard InChI is InChI=1S/C14H24N6O/c1-18(2)14(5-4-6-14)10-19(3)13(21)12-9-20(17-16-12)11-7-15-8-11/h9,11,15H,4-8,10H2,1-3H3. The Labute approximate surface area is 125 Å². The van der Waals surface area contributed by atoms with Crippen LogP contribution in [0.25, 0.3) is 0 Å². The molecule has 0 atom stereocenters. The molecule has 1 aliphatic heterocycles. The third-order valence-electron chi connectivity index (χ3n) is 4.97. The smallest absolute Gasteiger partial charge is 0.275 e. The molecule has 2 aliphatic rings. The summed E-state index contributed by atoms with van der Waals surface area (Å²) < 4.78 is 1.79. The fourth-order valence-corrected chi connectivity index (χ4v) is 3.05. The average Bonchev–Trinajstić information content (AvgIpc) is 2.79. The van der Waals surface area contributed by atoms with Crippen LogP contribution in [0.15, 0.2) is 6.20 Å². The number of hydrogen-bond donors (Lipinski definition) is 1. The number of nitrogens with zero attached hydrogens (tertiary/aromatic N) is 5. The molecule has 0 bridgehead atoms. The molecule has 7 heteroatoms. The van der Waals surface area contributed by atoms with Gasteiger partial charge in [-0.15, -0.1) is 5.10 Å². The Bertz CT molecular complexity index is 517. The van der Waals surface area contributed by atoms with Crippen molar-refractivity contribution < 1.29 is 4.79 Å². The van der Waals surface area contributed by atoms with E-state index in [1.807, 2.05) is 7.05 Å². The van der Waals surface area contributed by atoms with Crippen LogP contribution in [-0.2, 0) is 0 Å². The third-order valence-corrected chi connectivity index (χ3v) is 4.97. The summed E-state index contributed by atoms with van der Waals surface area (Å²) in [7, 11) is 6.05. The van der Waals surface area contributed by atoms with Crippen molar-refractivity contribution in [3.8, 4) is 0 Å². The zero-order valence-electron chi connectivity index (χ0n) is 13.0. The lowest BCUT2D eigenvalue weighted by Gasteiger charge is -2.49. The lowest BCUT2D eigenvalue weighted by molar-refractivity contribution is 0.0250. The fraction of sp³-hybridized carbons (Fsp3) is 0.786. The van der Waals surface area contributed by atoms with Crippen molar-refractivity contribution in [3.63, 3.8) is 0 Å². The van der Waals surface area contributed by atoms with Crippen molar-refractivity contribution in [1.82, 2.24) is 30.1 Å². The molecule has 1 aromatic rings. The van der Waals surface area contributed by atoms with Gasteiger partial charge in [0, 0.05) is 32.2 Å². The van der Waals surface area contributed by atoms with E-state index in [-0.39, 0.29) is 11.4 Å². The normalized spacial score (nSPS) is 21.0. The molecule has 1 N–H and O–H groups in total. The first-order valence-corrected chi connectivity index (χ1v) is 7.57. The third kappa shape index (κ3) is 2.55. The zero-order chi connectivity index (χ0) is 15.0. The molecule has 7 nitrogen and oxygen atoms in total. The van der Waals surface area contributed by atoms with Gasteiger partial charge in [-0.3, -0.25) is 4.79 Å². The Hall–Kier alpha value is -1.47. The summed E-state index contributed by atoms with van der Waals surface area (Å²) in [6.07, 6.45) is 5.31. The molecule has 1 amide bonds. The van der Waals surface area contributed by atoms with Gasteiger partial charge < -0.3 is 15.1 Å². The monoisotopic (exact) mass is 292 g/mol. The highest BCUT2D eigenvalue weighted by molar-refractivity contribution is 5.91. The zero-order valence-corrected chi connectivity index (χ0v) is 13.0. The number of rotatable bonds is 5. The van der Waals surface area contributed by atoms with Crippen LogP contribution in [0, 0.1) is 0 Å². The minimum Gasteiger partial charge on any atom is -0.338 e. The summed E-state index contributed by atoms with van der Waals surface area (Å²) in [5.41, 5.74) is 0.579. The topological polar surface area (TPSA) is 66.3 Å². The van der Waals surface area contributed by atoms with Gasteiger partial charge in [0.05, 0.1) is 12.2 Å². The van der Waals surface area contributed by atoms with Gasteiger partial charge in [-0.25, -0.2) is 4.68 Å². The molecule has 21 heavy (non-hydrogen) atoms.